The van der Waals surface area contributed by atoms with Gasteiger partial charge < -0.3 is 5.73 Å². The number of rotatable bonds is 3. The van der Waals surface area contributed by atoms with Crippen LogP contribution in [0.2, 0.25) is 0 Å². The number of nitrogens with two attached hydrogens (primary N) is 1. The quantitative estimate of drug-likeness (QED) is 0.603. The Morgan fingerprint density at radius 2 is 2.25 bits per heavy atom. The molecule has 1 aromatic carbocycles. The summed E-state index contributed by atoms with van der Waals surface area (Å²) < 4.78 is 14.9. The van der Waals surface area contributed by atoms with Crippen LogP contribution < -0.4 is 5.73 Å². The number of nitrogen functional groups attached to an aromatic ring is 1. The molecule has 1 aromatic heterocycles. The minimum Gasteiger partial charge on any atom is -0.384 e. The summed E-state index contributed by atoms with van der Waals surface area (Å²) in [6.07, 6.45) is 3.45. The Morgan fingerprint density at radius 3 is 2.88 bits per heavy atom. The Labute approximate surface area is 92.0 Å². The van der Waals surface area contributed by atoms with E-state index in [4.69, 9.17) is 11.1 Å². The van der Waals surface area contributed by atoms with Crippen molar-refractivity contribution in [1.82, 2.24) is 9.78 Å². The first-order valence-electron chi connectivity index (χ1n) is 4.76. The molecule has 0 radical (unpaired) electrons. The number of halogens is 1. The van der Waals surface area contributed by atoms with E-state index in [0.29, 0.717) is 12.1 Å². The van der Waals surface area contributed by atoms with Gasteiger partial charge in [-0.05, 0) is 29.8 Å². The first kappa shape index (κ1) is 10.4. The van der Waals surface area contributed by atoms with Crippen LogP contribution in [0.1, 0.15) is 11.1 Å². The van der Waals surface area contributed by atoms with Crippen LogP contribution in [0.3, 0.4) is 0 Å². The lowest BCUT2D eigenvalue weighted by molar-refractivity contribution is 0.619. The van der Waals surface area contributed by atoms with E-state index in [0.717, 1.165) is 5.56 Å². The number of benzene rings is 1. The van der Waals surface area contributed by atoms with Gasteiger partial charge in [-0.25, -0.2) is 4.39 Å². The molecule has 0 aliphatic heterocycles. The molecule has 0 bridgehead atoms. The summed E-state index contributed by atoms with van der Waals surface area (Å²) in [6, 6.07) is 6.14. The SMILES string of the molecule is N=C(N)c1cc(F)cc(Cn2cccn2)c1. The molecule has 4 nitrogen and oxygen atoms in total. The second-order valence-corrected chi connectivity index (χ2v) is 3.47. The zero-order chi connectivity index (χ0) is 11.5. The van der Waals surface area contributed by atoms with Crippen LogP contribution in [0.4, 0.5) is 4.39 Å². The third-order valence-corrected chi connectivity index (χ3v) is 2.17. The summed E-state index contributed by atoms with van der Waals surface area (Å²) in [6.45, 7) is 0.463. The summed E-state index contributed by atoms with van der Waals surface area (Å²) >= 11 is 0. The standard InChI is InChI=1S/C11H11FN4/c12-10-5-8(4-9(6-10)11(13)14)7-16-3-1-2-15-16/h1-6H,7H2,(H3,13,14). The van der Waals surface area contributed by atoms with Crippen LogP contribution in [-0.4, -0.2) is 15.6 Å². The lowest BCUT2D eigenvalue weighted by Crippen LogP contribution is -2.12. The van der Waals surface area contributed by atoms with Crippen LogP contribution in [0.15, 0.2) is 36.7 Å². The van der Waals surface area contributed by atoms with Crippen molar-refractivity contribution < 1.29 is 4.39 Å². The minimum absolute atomic E-state index is 0.138. The highest BCUT2D eigenvalue weighted by Gasteiger charge is 2.03. The fourth-order valence-electron chi connectivity index (χ4n) is 1.48. The predicted molar refractivity (Wildman–Crippen MR) is 58.7 cm³/mol. The van der Waals surface area contributed by atoms with E-state index >= 15 is 0 Å². The summed E-state index contributed by atoms with van der Waals surface area (Å²) in [5.74, 6) is -0.531. The van der Waals surface area contributed by atoms with Gasteiger partial charge in [-0.1, -0.05) is 0 Å². The van der Waals surface area contributed by atoms with Crippen molar-refractivity contribution in [2.45, 2.75) is 6.54 Å². The van der Waals surface area contributed by atoms with Crippen molar-refractivity contribution in [2.24, 2.45) is 5.73 Å². The van der Waals surface area contributed by atoms with E-state index in [1.165, 1.54) is 12.1 Å². The smallest absolute Gasteiger partial charge is 0.124 e. The van der Waals surface area contributed by atoms with Crippen LogP contribution >= 0.6 is 0 Å². The van der Waals surface area contributed by atoms with Gasteiger partial charge in [0.25, 0.3) is 0 Å². The Balaban J connectivity index is 2.31. The summed E-state index contributed by atoms with van der Waals surface area (Å²) in [5, 5.41) is 11.3. The topological polar surface area (TPSA) is 67.7 Å². The number of nitrogens with zero attached hydrogens (tertiary/aromatic N) is 2. The van der Waals surface area contributed by atoms with Crippen molar-refractivity contribution in [3.63, 3.8) is 0 Å². The number of aromatic nitrogens is 2. The molecular formula is C11H11FN4. The molecule has 0 spiro atoms. The molecule has 2 aromatic rings. The van der Waals surface area contributed by atoms with E-state index in [9.17, 15) is 4.39 Å². The van der Waals surface area contributed by atoms with Crippen molar-refractivity contribution >= 4 is 5.84 Å². The molecule has 0 fully saturated rings. The third-order valence-electron chi connectivity index (χ3n) is 2.17. The van der Waals surface area contributed by atoms with Crippen molar-refractivity contribution in [3.05, 3.63) is 53.6 Å². The molecule has 0 saturated heterocycles. The highest BCUT2D eigenvalue weighted by molar-refractivity contribution is 5.95. The van der Waals surface area contributed by atoms with Gasteiger partial charge in [0.05, 0.1) is 6.54 Å². The lowest BCUT2D eigenvalue weighted by Gasteiger charge is -2.05. The van der Waals surface area contributed by atoms with Crippen molar-refractivity contribution in [1.29, 1.82) is 5.41 Å². The van der Waals surface area contributed by atoms with Gasteiger partial charge in [0.2, 0.25) is 0 Å². The molecule has 0 unspecified atom stereocenters. The van der Waals surface area contributed by atoms with Crippen LogP contribution in [0.25, 0.3) is 0 Å². The number of amidine groups is 1. The van der Waals surface area contributed by atoms with E-state index < -0.39 is 5.82 Å². The highest BCUT2D eigenvalue weighted by atomic mass is 19.1. The molecular weight excluding hydrogens is 207 g/mol. The lowest BCUT2D eigenvalue weighted by atomic mass is 10.1. The fourth-order valence-corrected chi connectivity index (χ4v) is 1.48. The molecule has 0 saturated carbocycles. The van der Waals surface area contributed by atoms with E-state index in [1.54, 1.807) is 29.2 Å². The first-order chi connectivity index (χ1) is 7.65. The Morgan fingerprint density at radius 1 is 1.44 bits per heavy atom. The first-order valence-corrected chi connectivity index (χ1v) is 4.76. The molecule has 3 N–H and O–H groups in total. The third kappa shape index (κ3) is 2.25. The van der Waals surface area contributed by atoms with Gasteiger partial charge in [-0.3, -0.25) is 10.1 Å². The van der Waals surface area contributed by atoms with Gasteiger partial charge in [0.15, 0.2) is 0 Å². The molecule has 0 aliphatic carbocycles. The number of hydrogen-bond donors (Lipinski definition) is 2. The molecule has 0 aliphatic rings. The van der Waals surface area contributed by atoms with Crippen molar-refractivity contribution in [2.75, 3.05) is 0 Å². The van der Waals surface area contributed by atoms with Gasteiger partial charge in [0.1, 0.15) is 11.7 Å². The molecule has 16 heavy (non-hydrogen) atoms. The van der Waals surface area contributed by atoms with Crippen LogP contribution in [0, 0.1) is 11.2 Å². The fraction of sp³-hybridized carbons (Fsp3) is 0.0909. The second kappa shape index (κ2) is 4.14. The maximum absolute atomic E-state index is 13.2. The van der Waals surface area contributed by atoms with Gasteiger partial charge in [-0.15, -0.1) is 0 Å². The average Bonchev–Trinajstić information content (AvgIpc) is 2.69. The van der Waals surface area contributed by atoms with Crippen LogP contribution in [-0.2, 0) is 6.54 Å². The van der Waals surface area contributed by atoms with Crippen LogP contribution in [0.5, 0.6) is 0 Å². The highest BCUT2D eigenvalue weighted by Crippen LogP contribution is 2.10. The maximum Gasteiger partial charge on any atom is 0.124 e. The zero-order valence-electron chi connectivity index (χ0n) is 8.52. The molecule has 2 rings (SSSR count). The van der Waals surface area contributed by atoms with Gasteiger partial charge in [-0.2, -0.15) is 5.10 Å². The van der Waals surface area contributed by atoms with E-state index in [-0.39, 0.29) is 5.84 Å². The largest absolute Gasteiger partial charge is 0.384 e. The van der Waals surface area contributed by atoms with Gasteiger partial charge >= 0.3 is 0 Å². The van der Waals surface area contributed by atoms with Gasteiger partial charge in [0, 0.05) is 18.0 Å². The normalized spacial score (nSPS) is 10.3. The van der Waals surface area contributed by atoms with E-state index in [2.05, 4.69) is 5.10 Å². The number of hydrogen-bond acceptors (Lipinski definition) is 2. The molecule has 5 heteroatoms. The van der Waals surface area contributed by atoms with Crippen molar-refractivity contribution in [3.8, 4) is 0 Å². The Bertz CT molecular complexity index is 505. The summed E-state index contributed by atoms with van der Waals surface area (Å²) in [4.78, 5) is 0. The molecule has 82 valence electrons. The average molecular weight is 218 g/mol. The minimum atomic E-state index is -0.394. The Hall–Kier alpha value is -2.17. The Kier molecular flexibility index (Phi) is 2.68. The zero-order valence-corrected chi connectivity index (χ0v) is 8.52. The van der Waals surface area contributed by atoms with E-state index in [1.807, 2.05) is 0 Å². The predicted octanol–water partition coefficient (Wildman–Crippen LogP) is 1.35. The molecule has 1 heterocycles. The molecule has 0 amide bonds. The number of nitrogens with one attached hydrogen (secondary N) is 1. The second-order valence-electron chi connectivity index (χ2n) is 3.47. The monoisotopic (exact) mass is 218 g/mol. The summed E-state index contributed by atoms with van der Waals surface area (Å²) in [5.41, 5.74) is 6.44. The molecule has 0 atom stereocenters. The maximum atomic E-state index is 13.2. The summed E-state index contributed by atoms with van der Waals surface area (Å²) in [7, 11) is 0.